The zero-order valence-electron chi connectivity index (χ0n) is 14.1. The lowest BCUT2D eigenvalue weighted by Crippen LogP contribution is -2.39. The van der Waals surface area contributed by atoms with E-state index in [2.05, 4.69) is 26.1 Å². The maximum absolute atomic E-state index is 12.9. The smallest absolute Gasteiger partial charge is 0.275 e. The molecule has 3 aromatic rings. The highest BCUT2D eigenvalue weighted by atomic mass is 79.9. The average Bonchev–Trinajstić information content (AvgIpc) is 3.19. The second kappa shape index (κ2) is 6.63. The quantitative estimate of drug-likeness (QED) is 0.677. The number of fused-ring (bicyclic) bond motifs is 1. The fraction of sp³-hybridized carbons (Fsp3) is 0.389. The van der Waals surface area contributed by atoms with Crippen molar-refractivity contribution in [2.75, 3.05) is 13.1 Å². The first-order chi connectivity index (χ1) is 12.1. The summed E-state index contributed by atoms with van der Waals surface area (Å²) in [6, 6.07) is 7.89. The number of likely N-dealkylation sites (tertiary alicyclic amines) is 1. The SMILES string of the molecule is Cn1nc(C(=O)N2CCC(Cn3cc(Br)cn3)CC2)c2ccccc21. The van der Waals surface area contributed by atoms with Crippen LogP contribution in [-0.4, -0.2) is 43.5 Å². The molecule has 3 heterocycles. The summed E-state index contributed by atoms with van der Waals surface area (Å²) in [4.78, 5) is 14.9. The van der Waals surface area contributed by atoms with Crippen LogP contribution < -0.4 is 0 Å². The van der Waals surface area contributed by atoms with Crippen LogP contribution in [0.3, 0.4) is 0 Å². The van der Waals surface area contributed by atoms with Gasteiger partial charge in [-0.05, 0) is 40.8 Å². The number of benzene rings is 1. The predicted molar refractivity (Wildman–Crippen MR) is 99.3 cm³/mol. The second-order valence-electron chi connectivity index (χ2n) is 6.61. The van der Waals surface area contributed by atoms with Crippen LogP contribution in [0.15, 0.2) is 41.1 Å². The normalized spacial score (nSPS) is 15.8. The van der Waals surface area contributed by atoms with Crippen molar-refractivity contribution >= 4 is 32.7 Å². The van der Waals surface area contributed by atoms with Crippen LogP contribution in [0.2, 0.25) is 0 Å². The molecule has 0 aliphatic carbocycles. The van der Waals surface area contributed by atoms with Crippen LogP contribution in [-0.2, 0) is 13.6 Å². The van der Waals surface area contributed by atoms with Gasteiger partial charge < -0.3 is 4.90 Å². The zero-order valence-corrected chi connectivity index (χ0v) is 15.7. The summed E-state index contributed by atoms with van der Waals surface area (Å²) in [7, 11) is 1.88. The van der Waals surface area contributed by atoms with E-state index in [0.717, 1.165) is 47.9 Å². The molecule has 1 aliphatic heterocycles. The zero-order chi connectivity index (χ0) is 17.4. The Morgan fingerprint density at radius 3 is 2.76 bits per heavy atom. The molecule has 0 spiro atoms. The monoisotopic (exact) mass is 401 g/mol. The number of hydrogen-bond acceptors (Lipinski definition) is 3. The lowest BCUT2D eigenvalue weighted by molar-refractivity contribution is 0.0676. The molecule has 7 heteroatoms. The number of halogens is 1. The fourth-order valence-corrected chi connectivity index (χ4v) is 3.87. The Morgan fingerprint density at radius 1 is 1.28 bits per heavy atom. The third-order valence-electron chi connectivity index (χ3n) is 4.91. The van der Waals surface area contributed by atoms with E-state index in [0.29, 0.717) is 11.6 Å². The summed E-state index contributed by atoms with van der Waals surface area (Å²) < 4.78 is 4.76. The molecule has 1 amide bonds. The van der Waals surface area contributed by atoms with Gasteiger partial charge in [0.15, 0.2) is 5.69 Å². The highest BCUT2D eigenvalue weighted by Crippen LogP contribution is 2.24. The number of carbonyl (C=O) groups excluding carboxylic acids is 1. The molecule has 2 aromatic heterocycles. The van der Waals surface area contributed by atoms with Gasteiger partial charge in [0, 0.05) is 38.3 Å². The molecular weight excluding hydrogens is 382 g/mol. The molecule has 1 saturated heterocycles. The van der Waals surface area contributed by atoms with E-state index in [1.54, 1.807) is 4.68 Å². The summed E-state index contributed by atoms with van der Waals surface area (Å²) in [5.74, 6) is 0.591. The van der Waals surface area contributed by atoms with Crippen LogP contribution in [0.4, 0.5) is 0 Å². The molecule has 25 heavy (non-hydrogen) atoms. The third kappa shape index (κ3) is 3.20. The number of aryl methyl sites for hydroxylation is 1. The third-order valence-corrected chi connectivity index (χ3v) is 5.32. The molecule has 0 atom stereocenters. The molecule has 1 fully saturated rings. The fourth-order valence-electron chi connectivity index (χ4n) is 3.54. The molecule has 130 valence electrons. The number of hydrogen-bond donors (Lipinski definition) is 0. The van der Waals surface area contributed by atoms with E-state index in [1.807, 2.05) is 53.3 Å². The summed E-state index contributed by atoms with van der Waals surface area (Å²) in [5.41, 5.74) is 1.55. The van der Waals surface area contributed by atoms with Crippen LogP contribution in [0.25, 0.3) is 10.9 Å². The van der Waals surface area contributed by atoms with Crippen LogP contribution >= 0.6 is 15.9 Å². The molecule has 4 rings (SSSR count). The Labute approximate surface area is 154 Å². The van der Waals surface area contributed by atoms with E-state index in [9.17, 15) is 4.79 Å². The number of piperidine rings is 1. The van der Waals surface area contributed by atoms with Crippen LogP contribution in [0.5, 0.6) is 0 Å². The maximum atomic E-state index is 12.9. The Kier molecular flexibility index (Phi) is 4.33. The van der Waals surface area contributed by atoms with Crippen molar-refractivity contribution in [3.63, 3.8) is 0 Å². The van der Waals surface area contributed by atoms with Crippen LogP contribution in [0.1, 0.15) is 23.3 Å². The number of nitrogens with zero attached hydrogens (tertiary/aromatic N) is 5. The lowest BCUT2D eigenvalue weighted by Gasteiger charge is -2.31. The minimum atomic E-state index is 0.0390. The molecule has 0 saturated carbocycles. The second-order valence-corrected chi connectivity index (χ2v) is 7.52. The number of aromatic nitrogens is 4. The van der Waals surface area contributed by atoms with Gasteiger partial charge in [0.05, 0.1) is 16.2 Å². The predicted octanol–water partition coefficient (Wildman–Crippen LogP) is 3.08. The summed E-state index contributed by atoms with van der Waals surface area (Å²) in [6.45, 7) is 2.45. The van der Waals surface area contributed by atoms with Gasteiger partial charge in [-0.3, -0.25) is 14.2 Å². The first-order valence-corrected chi connectivity index (χ1v) is 9.30. The van der Waals surface area contributed by atoms with E-state index >= 15 is 0 Å². The standard InChI is InChI=1S/C18H20BrN5O/c1-22-16-5-3-2-4-15(16)17(21-22)18(25)23-8-6-13(7-9-23)11-24-12-14(19)10-20-24/h2-5,10,12-13H,6-9,11H2,1H3. The largest absolute Gasteiger partial charge is 0.337 e. The van der Waals surface area contributed by atoms with Crippen molar-refractivity contribution in [3.05, 3.63) is 46.8 Å². The molecular formula is C18H20BrN5O. The number of carbonyl (C=O) groups is 1. The summed E-state index contributed by atoms with van der Waals surface area (Å²) >= 11 is 3.43. The van der Waals surface area contributed by atoms with E-state index in [1.165, 1.54) is 0 Å². The molecule has 0 N–H and O–H groups in total. The highest BCUT2D eigenvalue weighted by molar-refractivity contribution is 9.10. The van der Waals surface area contributed by atoms with Gasteiger partial charge in [0.1, 0.15) is 0 Å². The van der Waals surface area contributed by atoms with Gasteiger partial charge >= 0.3 is 0 Å². The van der Waals surface area contributed by atoms with Crippen molar-refractivity contribution in [3.8, 4) is 0 Å². The van der Waals surface area contributed by atoms with Gasteiger partial charge in [0.2, 0.25) is 0 Å². The number of amides is 1. The first kappa shape index (κ1) is 16.3. The Balaban J connectivity index is 1.44. The van der Waals surface area contributed by atoms with Gasteiger partial charge in [0.25, 0.3) is 5.91 Å². The lowest BCUT2D eigenvalue weighted by atomic mass is 9.96. The Bertz CT molecular complexity index is 907. The van der Waals surface area contributed by atoms with Crippen molar-refractivity contribution in [1.82, 2.24) is 24.5 Å². The van der Waals surface area contributed by atoms with Crippen molar-refractivity contribution < 1.29 is 4.79 Å². The van der Waals surface area contributed by atoms with Crippen molar-refractivity contribution in [2.24, 2.45) is 13.0 Å². The minimum Gasteiger partial charge on any atom is -0.337 e. The first-order valence-electron chi connectivity index (χ1n) is 8.51. The molecule has 0 unspecified atom stereocenters. The highest BCUT2D eigenvalue weighted by Gasteiger charge is 2.27. The Hall–Kier alpha value is -2.15. The molecule has 0 radical (unpaired) electrons. The summed E-state index contributed by atoms with van der Waals surface area (Å²) in [6.07, 6.45) is 5.80. The van der Waals surface area contributed by atoms with Gasteiger partial charge in [-0.15, -0.1) is 0 Å². The Morgan fingerprint density at radius 2 is 2.04 bits per heavy atom. The van der Waals surface area contributed by atoms with E-state index in [-0.39, 0.29) is 5.91 Å². The van der Waals surface area contributed by atoms with Crippen molar-refractivity contribution in [2.45, 2.75) is 19.4 Å². The van der Waals surface area contributed by atoms with Gasteiger partial charge in [-0.2, -0.15) is 10.2 Å². The van der Waals surface area contributed by atoms with Gasteiger partial charge in [-0.1, -0.05) is 18.2 Å². The summed E-state index contributed by atoms with van der Waals surface area (Å²) in [5, 5.41) is 9.71. The molecule has 1 aromatic carbocycles. The van der Waals surface area contributed by atoms with E-state index in [4.69, 9.17) is 0 Å². The topological polar surface area (TPSA) is 56.0 Å². The van der Waals surface area contributed by atoms with Crippen molar-refractivity contribution in [1.29, 1.82) is 0 Å². The number of para-hydroxylation sites is 1. The van der Waals surface area contributed by atoms with Gasteiger partial charge in [-0.25, -0.2) is 0 Å². The molecule has 0 bridgehead atoms. The minimum absolute atomic E-state index is 0.0390. The maximum Gasteiger partial charge on any atom is 0.275 e. The van der Waals surface area contributed by atoms with E-state index < -0.39 is 0 Å². The number of rotatable bonds is 3. The molecule has 6 nitrogen and oxygen atoms in total. The molecule has 1 aliphatic rings. The van der Waals surface area contributed by atoms with Crippen LogP contribution in [0, 0.1) is 5.92 Å². The average molecular weight is 402 g/mol.